The van der Waals surface area contributed by atoms with E-state index in [1.165, 1.54) is 0 Å². The molecule has 0 spiro atoms. The Balaban J connectivity index is -0.000000405. The third-order valence-corrected chi connectivity index (χ3v) is 0.805. The van der Waals surface area contributed by atoms with Crippen LogP contribution in [0.15, 0.2) is 0 Å². The van der Waals surface area contributed by atoms with Crippen molar-refractivity contribution < 1.29 is 35.5 Å². The molecule has 0 aromatic rings. The second kappa shape index (κ2) is 7.36. The average Bonchev–Trinajstić information content (AvgIpc) is 1.84. The van der Waals surface area contributed by atoms with Crippen LogP contribution in [0.1, 0.15) is 0 Å². The molecular formula is C4H11BiO7. The van der Waals surface area contributed by atoms with Crippen molar-refractivity contribution in [2.75, 3.05) is 0 Å². The van der Waals surface area contributed by atoms with E-state index in [4.69, 9.17) is 20.4 Å². The predicted molar refractivity (Wildman–Crippen MR) is 40.8 cm³/mol. The number of carboxylic acids is 2. The van der Waals surface area contributed by atoms with Crippen molar-refractivity contribution in [3.63, 3.8) is 0 Å². The Bertz CT molecular complexity index is 139. The van der Waals surface area contributed by atoms with Crippen molar-refractivity contribution in [1.82, 2.24) is 0 Å². The molecule has 0 bridgehead atoms. The Morgan fingerprint density at radius 1 is 0.917 bits per heavy atom. The summed E-state index contributed by atoms with van der Waals surface area (Å²) in [6.07, 6.45) is -4.53. The minimum atomic E-state index is -2.27. The topological polar surface area (TPSA) is 147 Å². The minimum absolute atomic E-state index is 0. The zero-order valence-corrected chi connectivity index (χ0v) is 11.5. The van der Waals surface area contributed by atoms with Crippen molar-refractivity contribution in [1.29, 1.82) is 0 Å². The van der Waals surface area contributed by atoms with Crippen molar-refractivity contribution in [3.8, 4) is 0 Å². The van der Waals surface area contributed by atoms with Gasteiger partial charge >= 0.3 is 38.1 Å². The van der Waals surface area contributed by atoms with Crippen LogP contribution >= 0.6 is 0 Å². The number of carboxylic acid groups (broad SMARTS) is 2. The molecule has 0 saturated carbocycles. The van der Waals surface area contributed by atoms with Crippen molar-refractivity contribution in [3.05, 3.63) is 0 Å². The molecule has 0 aromatic heterocycles. The summed E-state index contributed by atoms with van der Waals surface area (Å²) < 4.78 is 0. The van der Waals surface area contributed by atoms with Crippen LogP contribution in [0.5, 0.6) is 0 Å². The fraction of sp³-hybridized carbons (Fsp3) is 0.500. The van der Waals surface area contributed by atoms with Crippen LogP contribution in [0.2, 0.25) is 0 Å². The van der Waals surface area contributed by atoms with E-state index < -0.39 is 24.1 Å². The maximum atomic E-state index is 9.77. The predicted octanol–water partition coefficient (Wildman–Crippen LogP) is -4.13. The monoisotopic (exact) mass is 380 g/mol. The van der Waals surface area contributed by atoms with Crippen LogP contribution in [0, 0.1) is 0 Å². The van der Waals surface area contributed by atoms with Crippen molar-refractivity contribution in [2.45, 2.75) is 12.2 Å². The fourth-order valence-corrected chi connectivity index (χ4v) is 0.270. The Labute approximate surface area is 86.1 Å². The molecule has 0 rings (SSSR count). The number of aliphatic hydroxyl groups is 2. The van der Waals surface area contributed by atoms with Gasteiger partial charge in [-0.25, -0.2) is 9.59 Å². The van der Waals surface area contributed by atoms with Crippen LogP contribution in [0.3, 0.4) is 0 Å². The third-order valence-electron chi connectivity index (χ3n) is 0.805. The van der Waals surface area contributed by atoms with Gasteiger partial charge in [-0.3, -0.25) is 0 Å². The van der Waals surface area contributed by atoms with Gasteiger partial charge < -0.3 is 25.9 Å². The molecule has 6 N–H and O–H groups in total. The fourth-order valence-electron chi connectivity index (χ4n) is 0.270. The molecular weight excluding hydrogens is 369 g/mol. The molecule has 7 nitrogen and oxygen atoms in total. The van der Waals surface area contributed by atoms with Gasteiger partial charge in [-0.2, -0.15) is 0 Å². The SMILES string of the molecule is O.O=C(O)C(O)C(O)C(=O)O.[BiH3]. The van der Waals surface area contributed by atoms with Gasteiger partial charge in [0.25, 0.3) is 0 Å². The molecule has 0 saturated heterocycles. The number of aliphatic hydroxyl groups excluding tert-OH is 2. The van der Waals surface area contributed by atoms with Crippen molar-refractivity contribution >= 4 is 38.1 Å². The molecule has 2 unspecified atom stereocenters. The number of carbonyl (C=O) groups is 2. The first-order chi connectivity index (χ1) is 4.46. The zero-order chi connectivity index (χ0) is 8.31. The van der Waals surface area contributed by atoms with Gasteiger partial charge in [-0.1, -0.05) is 0 Å². The average molecular weight is 380 g/mol. The standard InChI is InChI=1S/C4H6O6.Bi.H2O.3H/c5-1(3(7)8)2(6)4(9)10;;;;;/h1-2,5-6H,(H,7,8)(H,9,10);;1H2;;;. The molecule has 0 heterocycles. The summed E-state index contributed by atoms with van der Waals surface area (Å²) in [6, 6.07) is 0. The second-order valence-corrected chi connectivity index (χ2v) is 1.57. The molecule has 0 amide bonds. The normalized spacial score (nSPS) is 13.2. The number of hydrogen-bond donors (Lipinski definition) is 4. The van der Waals surface area contributed by atoms with Gasteiger partial charge in [-0.15, -0.1) is 0 Å². The van der Waals surface area contributed by atoms with E-state index in [2.05, 4.69) is 0 Å². The molecule has 0 aliphatic carbocycles. The summed E-state index contributed by atoms with van der Waals surface area (Å²) in [5.74, 6) is -3.54. The van der Waals surface area contributed by atoms with Gasteiger partial charge in [0.15, 0.2) is 12.2 Å². The molecule has 2 atom stereocenters. The Morgan fingerprint density at radius 3 is 1.17 bits per heavy atom. The number of aliphatic carboxylic acids is 2. The Hall–Kier alpha value is -0.297. The molecule has 0 radical (unpaired) electrons. The van der Waals surface area contributed by atoms with E-state index in [1.54, 1.807) is 0 Å². The molecule has 12 heavy (non-hydrogen) atoms. The van der Waals surface area contributed by atoms with Crippen molar-refractivity contribution in [2.24, 2.45) is 0 Å². The molecule has 0 aliphatic rings. The summed E-state index contributed by atoms with van der Waals surface area (Å²) in [4.78, 5) is 19.5. The van der Waals surface area contributed by atoms with Gasteiger partial charge in [-0.05, 0) is 0 Å². The number of hydrogen-bond acceptors (Lipinski definition) is 4. The van der Waals surface area contributed by atoms with Gasteiger partial charge in [0.2, 0.25) is 0 Å². The first-order valence-corrected chi connectivity index (χ1v) is 2.28. The third kappa shape index (κ3) is 5.37. The summed E-state index contributed by atoms with van der Waals surface area (Å²) in [6.45, 7) is 0. The number of rotatable bonds is 3. The second-order valence-electron chi connectivity index (χ2n) is 1.57. The van der Waals surface area contributed by atoms with E-state index in [0.29, 0.717) is 0 Å². The summed E-state index contributed by atoms with van der Waals surface area (Å²) in [5.41, 5.74) is 0. The van der Waals surface area contributed by atoms with Gasteiger partial charge in [0.05, 0.1) is 0 Å². The van der Waals surface area contributed by atoms with Gasteiger partial charge in [0.1, 0.15) is 0 Å². The van der Waals surface area contributed by atoms with E-state index in [-0.39, 0.29) is 31.7 Å². The molecule has 74 valence electrons. The maximum absolute atomic E-state index is 9.77. The van der Waals surface area contributed by atoms with Crippen LogP contribution < -0.4 is 0 Å². The van der Waals surface area contributed by atoms with E-state index in [1.807, 2.05) is 0 Å². The van der Waals surface area contributed by atoms with Crippen LogP contribution in [-0.4, -0.2) is 76.3 Å². The quantitative estimate of drug-likeness (QED) is 0.366. The summed E-state index contributed by atoms with van der Waals surface area (Å²) in [5, 5.41) is 32.5. The Morgan fingerprint density at radius 2 is 1.08 bits per heavy atom. The Kier molecular flexibility index (Phi) is 10.9. The first-order valence-electron chi connectivity index (χ1n) is 2.28. The first kappa shape index (κ1) is 17.7. The van der Waals surface area contributed by atoms with Crippen LogP contribution in [0.4, 0.5) is 0 Å². The van der Waals surface area contributed by atoms with E-state index in [9.17, 15) is 9.59 Å². The van der Waals surface area contributed by atoms with E-state index >= 15 is 0 Å². The van der Waals surface area contributed by atoms with E-state index in [0.717, 1.165) is 0 Å². The zero-order valence-electron chi connectivity index (χ0n) is 5.97. The van der Waals surface area contributed by atoms with Crippen LogP contribution in [0.25, 0.3) is 0 Å². The molecule has 0 aliphatic heterocycles. The summed E-state index contributed by atoms with van der Waals surface area (Å²) >= 11 is 0. The summed E-state index contributed by atoms with van der Waals surface area (Å²) in [7, 11) is 0. The van der Waals surface area contributed by atoms with Gasteiger partial charge in [0, 0.05) is 0 Å². The molecule has 0 aromatic carbocycles. The molecule has 8 heteroatoms. The van der Waals surface area contributed by atoms with Crippen LogP contribution in [-0.2, 0) is 9.59 Å². The molecule has 0 fully saturated rings.